The molecule has 1 aromatic carbocycles. The van der Waals surface area contributed by atoms with Crippen molar-refractivity contribution in [2.24, 2.45) is 5.92 Å². The molecule has 1 aliphatic carbocycles. The number of fused-ring (bicyclic) bond motifs is 1. The van der Waals surface area contributed by atoms with Crippen LogP contribution in [0.25, 0.3) is 5.69 Å². The fourth-order valence-corrected chi connectivity index (χ4v) is 6.23. The third-order valence-electron chi connectivity index (χ3n) is 8.18. The monoisotopic (exact) mass is 424 g/mol. The van der Waals surface area contributed by atoms with Gasteiger partial charge in [-0.25, -0.2) is 9.07 Å². The number of halogens is 1. The maximum Gasteiger partial charge on any atom is 0.123 e. The number of hydrogen-bond acceptors (Lipinski definition) is 4. The molecular formula is C25H33FN4O. The lowest BCUT2D eigenvalue weighted by atomic mass is 9.82. The zero-order chi connectivity index (χ0) is 20.8. The molecule has 0 spiro atoms. The number of aromatic nitrogens is 2. The fraction of sp³-hybridized carbons (Fsp3) is 0.640. The third kappa shape index (κ3) is 3.68. The van der Waals surface area contributed by atoms with Gasteiger partial charge in [0, 0.05) is 44.3 Å². The van der Waals surface area contributed by atoms with Gasteiger partial charge in [-0.3, -0.25) is 4.90 Å². The van der Waals surface area contributed by atoms with E-state index in [1.54, 1.807) is 0 Å². The van der Waals surface area contributed by atoms with Crippen molar-refractivity contribution < 1.29 is 9.13 Å². The molecule has 6 rings (SSSR count). The van der Waals surface area contributed by atoms with Crippen LogP contribution >= 0.6 is 0 Å². The number of likely N-dealkylation sites (tertiary alicyclic amines) is 1. The van der Waals surface area contributed by atoms with E-state index in [-0.39, 0.29) is 5.82 Å². The van der Waals surface area contributed by atoms with Gasteiger partial charge in [-0.05, 0) is 75.3 Å². The van der Waals surface area contributed by atoms with E-state index < -0.39 is 0 Å². The van der Waals surface area contributed by atoms with E-state index in [4.69, 9.17) is 9.84 Å². The Morgan fingerprint density at radius 3 is 2.48 bits per heavy atom. The molecule has 2 unspecified atom stereocenters. The molecule has 0 amide bonds. The van der Waals surface area contributed by atoms with Crippen molar-refractivity contribution in [2.75, 3.05) is 37.7 Å². The number of ether oxygens (including phenoxy) is 1. The third-order valence-corrected chi connectivity index (χ3v) is 8.18. The second-order valence-electron chi connectivity index (χ2n) is 9.88. The molecule has 2 aromatic rings. The highest BCUT2D eigenvalue weighted by molar-refractivity contribution is 5.54. The van der Waals surface area contributed by atoms with Gasteiger partial charge < -0.3 is 9.64 Å². The number of piperidine rings is 1. The summed E-state index contributed by atoms with van der Waals surface area (Å²) in [5.41, 5.74) is 3.51. The average Bonchev–Trinajstić information content (AvgIpc) is 3.38. The molecule has 0 radical (unpaired) electrons. The van der Waals surface area contributed by atoms with E-state index in [1.807, 2.05) is 16.8 Å². The Hall–Kier alpha value is -1.92. The van der Waals surface area contributed by atoms with Gasteiger partial charge in [0.15, 0.2) is 0 Å². The highest BCUT2D eigenvalue weighted by Gasteiger charge is 2.42. The summed E-state index contributed by atoms with van der Waals surface area (Å²) in [6.07, 6.45) is 10.9. The summed E-state index contributed by atoms with van der Waals surface area (Å²) in [4.78, 5) is 5.43. The zero-order valence-electron chi connectivity index (χ0n) is 18.3. The van der Waals surface area contributed by atoms with Gasteiger partial charge in [0.2, 0.25) is 0 Å². The maximum atomic E-state index is 13.4. The Morgan fingerprint density at radius 2 is 1.74 bits per heavy atom. The van der Waals surface area contributed by atoms with Crippen molar-refractivity contribution >= 4 is 5.69 Å². The molecule has 4 heterocycles. The first-order valence-corrected chi connectivity index (χ1v) is 12.2. The van der Waals surface area contributed by atoms with Crippen molar-refractivity contribution in [3.8, 4) is 5.69 Å². The summed E-state index contributed by atoms with van der Waals surface area (Å²) in [5.74, 6) is 1.13. The van der Waals surface area contributed by atoms with Crippen molar-refractivity contribution in [1.29, 1.82) is 0 Å². The van der Waals surface area contributed by atoms with Crippen molar-refractivity contribution in [2.45, 2.75) is 62.9 Å². The van der Waals surface area contributed by atoms with Crippen LogP contribution in [0.1, 0.15) is 56.6 Å². The normalized spacial score (nSPS) is 28.0. The Morgan fingerprint density at radius 1 is 0.935 bits per heavy atom. The van der Waals surface area contributed by atoms with E-state index in [0.717, 1.165) is 50.0 Å². The predicted octanol–water partition coefficient (Wildman–Crippen LogP) is 4.36. The van der Waals surface area contributed by atoms with Gasteiger partial charge in [0.25, 0.3) is 0 Å². The minimum atomic E-state index is -0.201. The van der Waals surface area contributed by atoms with Crippen LogP contribution in [0.2, 0.25) is 0 Å². The minimum Gasteiger partial charge on any atom is -0.381 e. The molecule has 1 saturated carbocycles. The fourth-order valence-electron chi connectivity index (χ4n) is 6.23. The quantitative estimate of drug-likeness (QED) is 0.730. The molecule has 0 N–H and O–H groups in total. The molecule has 2 atom stereocenters. The lowest BCUT2D eigenvalue weighted by Gasteiger charge is -2.42. The smallest absolute Gasteiger partial charge is 0.123 e. The lowest BCUT2D eigenvalue weighted by molar-refractivity contribution is 0.0231. The summed E-state index contributed by atoms with van der Waals surface area (Å²) in [6.45, 7) is 5.35. The average molecular weight is 425 g/mol. The van der Waals surface area contributed by atoms with Crippen LogP contribution in [-0.2, 0) is 4.74 Å². The van der Waals surface area contributed by atoms with Crippen LogP contribution in [0.15, 0.2) is 30.5 Å². The summed E-state index contributed by atoms with van der Waals surface area (Å²) >= 11 is 0. The summed E-state index contributed by atoms with van der Waals surface area (Å²) in [6, 6.07) is 8.15. The number of hydrogen-bond donors (Lipinski definition) is 0. The SMILES string of the molecule is Fc1ccc(-n2cc(N3CCC4C(CCN4C4CCOCC4)C3)c(C3CCC3)n2)cc1. The molecule has 0 bridgehead atoms. The molecular weight excluding hydrogens is 391 g/mol. The second-order valence-corrected chi connectivity index (χ2v) is 9.88. The van der Waals surface area contributed by atoms with Crippen molar-refractivity contribution in [1.82, 2.24) is 14.7 Å². The standard InChI is InChI=1S/C25H33FN4O/c26-20-4-6-22(7-5-20)30-17-24(25(27-30)18-2-1-3-18)28-12-9-23-19(16-28)8-13-29(23)21-10-14-31-15-11-21/h4-7,17-19,21,23H,1-3,8-16H2. The highest BCUT2D eigenvalue weighted by atomic mass is 19.1. The van der Waals surface area contributed by atoms with Crippen LogP contribution in [0.4, 0.5) is 10.1 Å². The van der Waals surface area contributed by atoms with Crippen LogP contribution in [0.5, 0.6) is 0 Å². The maximum absolute atomic E-state index is 13.4. The molecule has 5 nitrogen and oxygen atoms in total. The summed E-state index contributed by atoms with van der Waals surface area (Å²) in [5, 5.41) is 5.01. The predicted molar refractivity (Wildman–Crippen MR) is 119 cm³/mol. The number of rotatable bonds is 4. The first kappa shape index (κ1) is 19.7. The topological polar surface area (TPSA) is 33.5 Å². The number of nitrogens with zero attached hydrogens (tertiary/aromatic N) is 4. The molecule has 4 aliphatic rings. The van der Waals surface area contributed by atoms with Gasteiger partial charge in [-0.1, -0.05) is 6.42 Å². The molecule has 3 aliphatic heterocycles. The van der Waals surface area contributed by atoms with Crippen LogP contribution in [0.3, 0.4) is 0 Å². The number of anilines is 1. The van der Waals surface area contributed by atoms with E-state index >= 15 is 0 Å². The Kier molecular flexibility index (Phi) is 5.23. The van der Waals surface area contributed by atoms with Crippen LogP contribution in [-0.4, -0.2) is 59.6 Å². The Bertz CT molecular complexity index is 903. The van der Waals surface area contributed by atoms with Crippen molar-refractivity contribution in [3.63, 3.8) is 0 Å². The zero-order valence-corrected chi connectivity index (χ0v) is 18.3. The molecule has 6 heteroatoms. The molecule has 166 valence electrons. The summed E-state index contributed by atoms with van der Waals surface area (Å²) < 4.78 is 21.0. The highest BCUT2D eigenvalue weighted by Crippen LogP contribution is 2.43. The molecule has 31 heavy (non-hydrogen) atoms. The number of benzene rings is 1. The second kappa shape index (κ2) is 8.21. The van der Waals surface area contributed by atoms with Crippen LogP contribution < -0.4 is 4.90 Å². The first-order chi connectivity index (χ1) is 15.3. The molecule has 3 saturated heterocycles. The van der Waals surface area contributed by atoms with Crippen molar-refractivity contribution in [3.05, 3.63) is 42.0 Å². The van der Waals surface area contributed by atoms with Gasteiger partial charge in [-0.2, -0.15) is 5.10 Å². The van der Waals surface area contributed by atoms with E-state index in [9.17, 15) is 4.39 Å². The van der Waals surface area contributed by atoms with Gasteiger partial charge in [0.1, 0.15) is 5.82 Å². The minimum absolute atomic E-state index is 0.201. The Labute approximate surface area is 184 Å². The first-order valence-electron chi connectivity index (χ1n) is 12.2. The molecule has 4 fully saturated rings. The van der Waals surface area contributed by atoms with E-state index in [0.29, 0.717) is 5.92 Å². The molecule has 1 aromatic heterocycles. The lowest BCUT2D eigenvalue weighted by Crippen LogP contribution is -2.50. The van der Waals surface area contributed by atoms with Gasteiger partial charge in [0.05, 0.1) is 23.3 Å². The van der Waals surface area contributed by atoms with Gasteiger partial charge in [-0.15, -0.1) is 0 Å². The van der Waals surface area contributed by atoms with Crippen LogP contribution in [0, 0.1) is 11.7 Å². The summed E-state index contributed by atoms with van der Waals surface area (Å²) in [7, 11) is 0. The van der Waals surface area contributed by atoms with E-state index in [2.05, 4.69) is 16.0 Å². The largest absolute Gasteiger partial charge is 0.381 e. The van der Waals surface area contributed by atoms with Gasteiger partial charge >= 0.3 is 0 Å². The Balaban J connectivity index is 1.23. The van der Waals surface area contributed by atoms with E-state index in [1.165, 1.54) is 75.0 Å².